The van der Waals surface area contributed by atoms with E-state index in [9.17, 15) is 0 Å². The molecule has 0 bridgehead atoms. The van der Waals surface area contributed by atoms with E-state index in [0.29, 0.717) is 17.8 Å². The standard InChI is InChI=1S/C25H48N5/c1-8-24(15-14-21(3)4)19-28-30-25(9-2)27-18-23(6)20-29(30)17-11-13-22(5)12-10-16-26-7/h10,14-16,21,23-27H,5,8-9,11-13,17-20H2,1-4,6-7H3/q-1/b15-14-,16-10-/t23-,24-,25?/m1/s1. The van der Waals surface area contributed by atoms with E-state index in [1.165, 1.54) is 5.57 Å². The normalized spacial score (nSPS) is 22.8. The number of hydrazine groups is 1. The van der Waals surface area contributed by atoms with E-state index in [-0.39, 0.29) is 6.17 Å². The molecule has 0 spiro atoms. The molecule has 1 fully saturated rings. The van der Waals surface area contributed by atoms with Gasteiger partial charge in [-0.15, -0.1) is 6.54 Å². The maximum atomic E-state index is 5.12. The molecule has 0 aromatic carbocycles. The van der Waals surface area contributed by atoms with Crippen LogP contribution in [-0.2, 0) is 0 Å². The average molecular weight is 419 g/mol. The molecule has 30 heavy (non-hydrogen) atoms. The molecule has 1 aliphatic rings. The topological polar surface area (TPSA) is 44.6 Å². The Morgan fingerprint density at radius 3 is 2.70 bits per heavy atom. The molecule has 1 aliphatic heterocycles. The van der Waals surface area contributed by atoms with E-state index in [2.05, 4.69) is 80.2 Å². The first-order valence-electron chi connectivity index (χ1n) is 12.0. The third kappa shape index (κ3) is 10.8. The van der Waals surface area contributed by atoms with Crippen molar-refractivity contribution in [2.75, 3.05) is 33.2 Å². The highest BCUT2D eigenvalue weighted by Crippen LogP contribution is 2.22. The number of rotatable bonds is 14. The van der Waals surface area contributed by atoms with Crippen LogP contribution in [-0.4, -0.2) is 49.5 Å². The van der Waals surface area contributed by atoms with Crippen molar-refractivity contribution in [3.8, 4) is 0 Å². The van der Waals surface area contributed by atoms with Gasteiger partial charge >= 0.3 is 0 Å². The van der Waals surface area contributed by atoms with Crippen molar-refractivity contribution in [3.05, 3.63) is 42.0 Å². The zero-order chi connectivity index (χ0) is 22.4. The monoisotopic (exact) mass is 418 g/mol. The lowest BCUT2D eigenvalue weighted by molar-refractivity contribution is -0.0343. The molecule has 174 valence electrons. The third-order valence-electron chi connectivity index (χ3n) is 5.57. The average Bonchev–Trinajstić information content (AvgIpc) is 2.86. The molecule has 1 heterocycles. The van der Waals surface area contributed by atoms with Gasteiger partial charge in [0.1, 0.15) is 0 Å². The predicted octanol–water partition coefficient (Wildman–Crippen LogP) is 5.47. The lowest BCUT2D eigenvalue weighted by Gasteiger charge is -2.50. The van der Waals surface area contributed by atoms with Crippen LogP contribution >= 0.6 is 0 Å². The van der Waals surface area contributed by atoms with Crippen molar-refractivity contribution in [1.82, 2.24) is 20.8 Å². The zero-order valence-corrected chi connectivity index (χ0v) is 20.5. The van der Waals surface area contributed by atoms with Crippen molar-refractivity contribution in [1.29, 1.82) is 0 Å². The summed E-state index contributed by atoms with van der Waals surface area (Å²) in [7, 11) is 1.93. The van der Waals surface area contributed by atoms with Crippen molar-refractivity contribution in [2.45, 2.75) is 72.9 Å². The van der Waals surface area contributed by atoms with Crippen molar-refractivity contribution in [2.24, 2.45) is 17.8 Å². The SMILES string of the molecule is C=C(C/C=C\NC)CCCN1C[C@H](C)CNC(CC)N1[N-]C[C@@H](/C=C\C(C)C)CC. The Labute approximate surface area is 187 Å². The second kappa shape index (κ2) is 15.6. The summed E-state index contributed by atoms with van der Waals surface area (Å²) in [4.78, 5) is 0. The summed E-state index contributed by atoms with van der Waals surface area (Å²) in [6.07, 6.45) is 14.4. The maximum Gasteiger partial charge on any atom is 0.0553 e. The minimum atomic E-state index is 0.281. The minimum Gasteiger partial charge on any atom is -0.578 e. The molecule has 0 amide bonds. The number of allylic oxidation sites excluding steroid dienone is 3. The molecule has 0 aromatic rings. The largest absolute Gasteiger partial charge is 0.578 e. The van der Waals surface area contributed by atoms with Gasteiger partial charge in [-0.1, -0.05) is 71.4 Å². The van der Waals surface area contributed by atoms with E-state index >= 15 is 0 Å². The van der Waals surface area contributed by atoms with Crippen LogP contribution in [0.5, 0.6) is 0 Å². The van der Waals surface area contributed by atoms with E-state index in [1.807, 2.05) is 13.2 Å². The lowest BCUT2D eigenvalue weighted by atomic mass is 10.0. The molecule has 0 aliphatic carbocycles. The summed E-state index contributed by atoms with van der Waals surface area (Å²) in [5.74, 6) is 1.71. The van der Waals surface area contributed by atoms with Gasteiger partial charge in [0.05, 0.1) is 6.17 Å². The molecule has 0 radical (unpaired) electrons. The molecule has 1 unspecified atom stereocenters. The highest BCUT2D eigenvalue weighted by atomic mass is 15.8. The highest BCUT2D eigenvalue weighted by Gasteiger charge is 2.23. The molecule has 0 aromatic heterocycles. The predicted molar refractivity (Wildman–Crippen MR) is 132 cm³/mol. The van der Waals surface area contributed by atoms with E-state index < -0.39 is 0 Å². The van der Waals surface area contributed by atoms with Crippen LogP contribution < -0.4 is 10.6 Å². The van der Waals surface area contributed by atoms with Gasteiger partial charge in [-0.25, -0.2) is 0 Å². The Bertz CT molecular complexity index is 514. The van der Waals surface area contributed by atoms with Crippen LogP contribution in [0.2, 0.25) is 0 Å². The molecule has 1 saturated heterocycles. The van der Waals surface area contributed by atoms with Crippen LogP contribution in [0.1, 0.15) is 66.7 Å². The summed E-state index contributed by atoms with van der Waals surface area (Å²) in [5.41, 5.74) is 6.42. The lowest BCUT2D eigenvalue weighted by Crippen LogP contribution is -2.50. The van der Waals surface area contributed by atoms with E-state index in [4.69, 9.17) is 5.43 Å². The Morgan fingerprint density at radius 2 is 2.07 bits per heavy atom. The second-order valence-electron chi connectivity index (χ2n) is 9.04. The molecule has 1 rings (SSSR count). The summed E-state index contributed by atoms with van der Waals surface area (Å²) in [6.45, 7) is 19.5. The summed E-state index contributed by atoms with van der Waals surface area (Å²) < 4.78 is 0. The first kappa shape index (κ1) is 26.9. The van der Waals surface area contributed by atoms with Gasteiger partial charge < -0.3 is 21.2 Å². The van der Waals surface area contributed by atoms with Gasteiger partial charge in [-0.2, -0.15) is 0 Å². The number of hydrogen-bond acceptors (Lipinski definition) is 4. The highest BCUT2D eigenvalue weighted by molar-refractivity contribution is 5.02. The molecular formula is C25H48N5-. The smallest absolute Gasteiger partial charge is 0.0553 e. The molecular weight excluding hydrogens is 370 g/mol. The van der Waals surface area contributed by atoms with Gasteiger partial charge in [0, 0.05) is 26.7 Å². The quantitative estimate of drug-likeness (QED) is 0.367. The van der Waals surface area contributed by atoms with Crippen LogP contribution in [0, 0.1) is 17.8 Å². The van der Waals surface area contributed by atoms with E-state index in [0.717, 1.165) is 58.3 Å². The Hall–Kier alpha value is -1.14. The minimum absolute atomic E-state index is 0.281. The van der Waals surface area contributed by atoms with Crippen molar-refractivity contribution in [3.63, 3.8) is 0 Å². The fraction of sp³-hybridized carbons (Fsp3) is 0.760. The fourth-order valence-electron chi connectivity index (χ4n) is 3.66. The number of nitrogens with one attached hydrogen (secondary N) is 2. The Morgan fingerprint density at radius 1 is 1.30 bits per heavy atom. The molecule has 3 atom stereocenters. The summed E-state index contributed by atoms with van der Waals surface area (Å²) >= 11 is 0. The second-order valence-corrected chi connectivity index (χ2v) is 9.04. The third-order valence-corrected chi connectivity index (χ3v) is 5.57. The Kier molecular flexibility index (Phi) is 14.0. The van der Waals surface area contributed by atoms with Gasteiger partial charge in [-0.05, 0) is 49.6 Å². The van der Waals surface area contributed by atoms with Gasteiger partial charge in [0.25, 0.3) is 0 Å². The molecule has 0 saturated carbocycles. The van der Waals surface area contributed by atoms with E-state index in [1.54, 1.807) is 0 Å². The molecule has 2 N–H and O–H groups in total. The molecule has 5 heteroatoms. The fourth-order valence-corrected chi connectivity index (χ4v) is 3.66. The number of nitrogens with zero attached hydrogens (tertiary/aromatic N) is 3. The van der Waals surface area contributed by atoms with Crippen LogP contribution in [0.3, 0.4) is 0 Å². The van der Waals surface area contributed by atoms with Crippen molar-refractivity contribution < 1.29 is 0 Å². The summed E-state index contributed by atoms with van der Waals surface area (Å²) in [6, 6.07) is 0. The van der Waals surface area contributed by atoms with Gasteiger partial charge in [0.2, 0.25) is 0 Å². The first-order valence-corrected chi connectivity index (χ1v) is 12.0. The van der Waals surface area contributed by atoms with Crippen LogP contribution in [0.15, 0.2) is 36.6 Å². The summed E-state index contributed by atoms with van der Waals surface area (Å²) in [5, 5.41) is 11.5. The first-order chi connectivity index (χ1) is 14.4. The van der Waals surface area contributed by atoms with Crippen LogP contribution in [0.25, 0.3) is 5.43 Å². The molecule has 5 nitrogen and oxygen atoms in total. The van der Waals surface area contributed by atoms with Crippen molar-refractivity contribution >= 4 is 0 Å². The number of hydrogen-bond donors (Lipinski definition) is 2. The van der Waals surface area contributed by atoms with Crippen LogP contribution in [0.4, 0.5) is 0 Å². The maximum absolute atomic E-state index is 5.12. The van der Waals surface area contributed by atoms with Gasteiger partial charge in [0.15, 0.2) is 0 Å². The zero-order valence-electron chi connectivity index (χ0n) is 20.5. The Balaban J connectivity index is 2.72. The van der Waals surface area contributed by atoms with Gasteiger partial charge in [-0.3, -0.25) is 5.01 Å².